The molecule has 0 unspecified atom stereocenters. The molecule has 3 rings (SSSR count). The number of hydrogen-bond acceptors (Lipinski definition) is 2. The van der Waals surface area contributed by atoms with Crippen molar-refractivity contribution in [2.24, 2.45) is 0 Å². The molecule has 0 amide bonds. The number of aryl methyl sites for hydroxylation is 1. The molecule has 0 spiro atoms. The molecule has 0 aliphatic heterocycles. The maximum absolute atomic E-state index is 5.86. The maximum Gasteiger partial charge on any atom is 0.227 e. The summed E-state index contributed by atoms with van der Waals surface area (Å²) in [6, 6.07) is 12.1. The van der Waals surface area contributed by atoms with Crippen molar-refractivity contribution < 1.29 is 8.98 Å². The fraction of sp³-hybridized carbons (Fsp3) is 0.571. The van der Waals surface area contributed by atoms with Crippen molar-refractivity contribution in [2.75, 3.05) is 0 Å². The van der Waals surface area contributed by atoms with E-state index in [1.807, 2.05) is 24.3 Å². The van der Waals surface area contributed by atoms with Gasteiger partial charge < -0.3 is 4.42 Å². The van der Waals surface area contributed by atoms with Crippen molar-refractivity contribution >= 4 is 11.1 Å². The minimum absolute atomic E-state index is 0.699. The van der Waals surface area contributed by atoms with Crippen LogP contribution in [0.15, 0.2) is 53.2 Å². The van der Waals surface area contributed by atoms with E-state index >= 15 is 0 Å². The first-order chi connectivity index (χ1) is 15.4. The lowest BCUT2D eigenvalue weighted by Crippen LogP contribution is -2.32. The Balaban J connectivity index is 1.21. The number of oxazole rings is 1. The van der Waals surface area contributed by atoms with Crippen LogP contribution in [0.3, 0.4) is 0 Å². The van der Waals surface area contributed by atoms with Gasteiger partial charge in [0, 0.05) is 24.1 Å². The van der Waals surface area contributed by atoms with Gasteiger partial charge in [0.15, 0.2) is 18.0 Å². The second-order valence-electron chi connectivity index (χ2n) is 8.91. The number of para-hydroxylation sites is 2. The van der Waals surface area contributed by atoms with Gasteiger partial charge in [0.2, 0.25) is 5.89 Å². The van der Waals surface area contributed by atoms with Crippen LogP contribution in [0.5, 0.6) is 0 Å². The van der Waals surface area contributed by atoms with Gasteiger partial charge in [0.25, 0.3) is 0 Å². The monoisotopic (exact) mass is 421 g/mol. The van der Waals surface area contributed by atoms with Crippen molar-refractivity contribution in [3.63, 3.8) is 0 Å². The van der Waals surface area contributed by atoms with Crippen LogP contribution in [0.25, 0.3) is 22.6 Å². The highest BCUT2D eigenvalue weighted by molar-refractivity contribution is 5.75. The lowest BCUT2D eigenvalue weighted by molar-refractivity contribution is -0.697. The molecule has 0 radical (unpaired) electrons. The average molecular weight is 422 g/mol. The molecule has 0 N–H and O–H groups in total. The molecule has 2 aromatic heterocycles. The molecule has 0 aliphatic rings. The van der Waals surface area contributed by atoms with Gasteiger partial charge in [0.05, 0.1) is 0 Å². The lowest BCUT2D eigenvalue weighted by Gasteiger charge is -2.03. The number of pyridine rings is 1. The van der Waals surface area contributed by atoms with Crippen LogP contribution >= 0.6 is 0 Å². The molecule has 3 aromatic rings. The van der Waals surface area contributed by atoms with Crippen LogP contribution < -0.4 is 4.57 Å². The highest BCUT2D eigenvalue weighted by atomic mass is 16.3. The minimum atomic E-state index is 0.699. The molecule has 0 saturated carbocycles. The molecule has 3 nitrogen and oxygen atoms in total. The molecule has 31 heavy (non-hydrogen) atoms. The Morgan fingerprint density at radius 3 is 1.81 bits per heavy atom. The summed E-state index contributed by atoms with van der Waals surface area (Å²) in [6.45, 7) is 3.38. The Bertz CT molecular complexity index is 820. The fourth-order valence-electron chi connectivity index (χ4n) is 4.23. The molecule has 0 fully saturated rings. The topological polar surface area (TPSA) is 29.9 Å². The minimum Gasteiger partial charge on any atom is -0.436 e. The van der Waals surface area contributed by atoms with Crippen molar-refractivity contribution in [1.29, 1.82) is 0 Å². The van der Waals surface area contributed by atoms with Gasteiger partial charge in [0.1, 0.15) is 12.1 Å². The molecule has 1 aromatic carbocycles. The standard InChI is InChI=1S/C28H41N2O/c1-2-3-4-5-6-7-8-9-10-11-12-13-14-17-22-30-23-20-25(21-24-30)28-29-26-18-15-16-19-27(26)31-28/h15-16,18-21,23-24H,2-14,17,22H2,1H3/q+1. The normalized spacial score (nSPS) is 11.4. The van der Waals surface area contributed by atoms with Crippen LogP contribution in [-0.2, 0) is 6.54 Å². The van der Waals surface area contributed by atoms with Crippen molar-refractivity contribution in [3.8, 4) is 11.5 Å². The van der Waals surface area contributed by atoms with E-state index in [4.69, 9.17) is 4.42 Å². The highest BCUT2D eigenvalue weighted by Gasteiger charge is 2.09. The third-order valence-electron chi connectivity index (χ3n) is 6.20. The van der Waals surface area contributed by atoms with Gasteiger partial charge in [-0.1, -0.05) is 96.1 Å². The summed E-state index contributed by atoms with van der Waals surface area (Å²) >= 11 is 0. The zero-order valence-corrected chi connectivity index (χ0v) is 19.5. The van der Waals surface area contributed by atoms with Crippen LogP contribution in [0.2, 0.25) is 0 Å². The number of nitrogens with zero attached hydrogens (tertiary/aromatic N) is 2. The molecule has 0 atom stereocenters. The van der Waals surface area contributed by atoms with Crippen LogP contribution in [0.1, 0.15) is 96.8 Å². The van der Waals surface area contributed by atoms with Crippen LogP contribution in [0.4, 0.5) is 0 Å². The summed E-state index contributed by atoms with van der Waals surface area (Å²) in [5, 5.41) is 0. The average Bonchev–Trinajstić information content (AvgIpc) is 3.24. The Hall–Kier alpha value is -2.16. The second kappa shape index (κ2) is 14.0. The number of hydrogen-bond donors (Lipinski definition) is 0. The fourth-order valence-corrected chi connectivity index (χ4v) is 4.23. The van der Waals surface area contributed by atoms with Crippen LogP contribution in [-0.4, -0.2) is 4.98 Å². The second-order valence-corrected chi connectivity index (χ2v) is 8.91. The van der Waals surface area contributed by atoms with E-state index < -0.39 is 0 Å². The largest absolute Gasteiger partial charge is 0.436 e. The Kier molecular flexibility index (Phi) is 10.6. The molecule has 168 valence electrons. The first-order valence-electron chi connectivity index (χ1n) is 12.7. The van der Waals surface area contributed by atoms with Gasteiger partial charge in [-0.25, -0.2) is 9.55 Å². The van der Waals surface area contributed by atoms with Crippen molar-refractivity contribution in [1.82, 2.24) is 4.98 Å². The molecule has 3 heteroatoms. The van der Waals surface area contributed by atoms with Gasteiger partial charge in [-0.2, -0.15) is 0 Å². The summed E-state index contributed by atoms with van der Waals surface area (Å²) in [5.74, 6) is 0.699. The molecule has 2 heterocycles. The Morgan fingerprint density at radius 1 is 0.677 bits per heavy atom. The van der Waals surface area contributed by atoms with Crippen molar-refractivity contribution in [2.45, 2.75) is 103 Å². The summed E-state index contributed by atoms with van der Waals surface area (Å²) < 4.78 is 8.13. The lowest BCUT2D eigenvalue weighted by atomic mass is 10.0. The van der Waals surface area contributed by atoms with Gasteiger partial charge >= 0.3 is 0 Å². The number of rotatable bonds is 16. The predicted molar refractivity (Wildman–Crippen MR) is 130 cm³/mol. The SMILES string of the molecule is CCCCCCCCCCCCCCCC[n+]1ccc(-c2nc3ccccc3o2)cc1. The van der Waals surface area contributed by atoms with Gasteiger partial charge in [-0.3, -0.25) is 0 Å². The number of unbranched alkanes of at least 4 members (excludes halogenated alkanes) is 13. The van der Waals surface area contributed by atoms with Crippen LogP contribution in [0, 0.1) is 0 Å². The van der Waals surface area contributed by atoms with Gasteiger partial charge in [-0.05, 0) is 18.6 Å². The molecular weight excluding hydrogens is 380 g/mol. The van der Waals surface area contributed by atoms with E-state index in [0.29, 0.717) is 5.89 Å². The third-order valence-corrected chi connectivity index (χ3v) is 6.20. The quantitative estimate of drug-likeness (QED) is 0.172. The van der Waals surface area contributed by atoms with E-state index in [1.165, 1.54) is 89.9 Å². The highest BCUT2D eigenvalue weighted by Crippen LogP contribution is 2.23. The molecule has 0 aliphatic carbocycles. The summed E-state index contributed by atoms with van der Waals surface area (Å²) in [6.07, 6.45) is 24.0. The summed E-state index contributed by atoms with van der Waals surface area (Å²) in [7, 11) is 0. The van der Waals surface area contributed by atoms with Crippen molar-refractivity contribution in [3.05, 3.63) is 48.8 Å². The molecule has 0 bridgehead atoms. The number of fused-ring (bicyclic) bond motifs is 1. The maximum atomic E-state index is 5.86. The number of aromatic nitrogens is 2. The third kappa shape index (κ3) is 8.47. The van der Waals surface area contributed by atoms with E-state index in [-0.39, 0.29) is 0 Å². The summed E-state index contributed by atoms with van der Waals surface area (Å²) in [5.41, 5.74) is 2.79. The zero-order chi connectivity index (χ0) is 21.6. The first-order valence-corrected chi connectivity index (χ1v) is 12.7. The van der Waals surface area contributed by atoms with E-state index in [1.54, 1.807) is 0 Å². The van der Waals surface area contributed by atoms with E-state index in [2.05, 4.69) is 41.0 Å². The van der Waals surface area contributed by atoms with Gasteiger partial charge in [-0.15, -0.1) is 0 Å². The molecular formula is C28H41N2O+. The van der Waals surface area contributed by atoms with E-state index in [0.717, 1.165) is 23.2 Å². The Morgan fingerprint density at radius 2 is 1.23 bits per heavy atom. The summed E-state index contributed by atoms with van der Waals surface area (Å²) in [4.78, 5) is 4.58. The first kappa shape index (κ1) is 23.5. The molecule has 0 saturated heterocycles. The van der Waals surface area contributed by atoms with E-state index in [9.17, 15) is 0 Å². The Labute approximate surface area is 188 Å². The smallest absolute Gasteiger partial charge is 0.227 e. The number of benzene rings is 1. The zero-order valence-electron chi connectivity index (χ0n) is 19.5. The predicted octanol–water partition coefficient (Wildman–Crippen LogP) is 8.26.